The van der Waals surface area contributed by atoms with Gasteiger partial charge in [-0.3, -0.25) is 14.5 Å². The molecule has 2 aromatic rings. The Kier molecular flexibility index (Phi) is 6.25. The van der Waals surface area contributed by atoms with E-state index in [0.717, 1.165) is 38.0 Å². The molecule has 4 rings (SSSR count). The van der Waals surface area contributed by atoms with Crippen LogP contribution in [0, 0.1) is 5.92 Å². The fourth-order valence-corrected chi connectivity index (χ4v) is 4.49. The fourth-order valence-electron chi connectivity index (χ4n) is 4.49. The van der Waals surface area contributed by atoms with Crippen LogP contribution in [0.3, 0.4) is 0 Å². The van der Waals surface area contributed by atoms with Crippen LogP contribution in [0.1, 0.15) is 42.9 Å². The molecule has 2 aromatic carbocycles. The van der Waals surface area contributed by atoms with Crippen molar-refractivity contribution in [3.63, 3.8) is 0 Å². The molecule has 0 unspecified atom stereocenters. The zero-order valence-electron chi connectivity index (χ0n) is 16.7. The highest BCUT2D eigenvalue weighted by molar-refractivity contribution is 5.81. The monoisotopic (exact) mass is 391 g/mol. The number of nitrogens with one attached hydrogen (secondary N) is 2. The molecule has 3 atom stereocenters. The van der Waals surface area contributed by atoms with Crippen molar-refractivity contribution in [2.24, 2.45) is 5.92 Å². The fraction of sp³-hybridized carbons (Fsp3) is 0.417. The molecule has 0 bridgehead atoms. The van der Waals surface area contributed by atoms with Crippen molar-refractivity contribution in [1.82, 2.24) is 15.5 Å². The third kappa shape index (κ3) is 5.04. The van der Waals surface area contributed by atoms with Gasteiger partial charge < -0.3 is 10.6 Å². The average Bonchev–Trinajstić information content (AvgIpc) is 2.76. The van der Waals surface area contributed by atoms with Crippen LogP contribution in [0.25, 0.3) is 0 Å². The average molecular weight is 392 g/mol. The van der Waals surface area contributed by atoms with Gasteiger partial charge >= 0.3 is 0 Å². The van der Waals surface area contributed by atoms with E-state index in [1.165, 1.54) is 5.56 Å². The van der Waals surface area contributed by atoms with Crippen molar-refractivity contribution in [3.8, 4) is 0 Å². The van der Waals surface area contributed by atoms with Crippen LogP contribution in [-0.4, -0.2) is 35.8 Å². The Labute approximate surface area is 172 Å². The Bertz CT molecular complexity index is 825. The van der Waals surface area contributed by atoms with Gasteiger partial charge in [-0.25, -0.2) is 0 Å². The summed E-state index contributed by atoms with van der Waals surface area (Å²) in [4.78, 5) is 27.4. The molecule has 29 heavy (non-hydrogen) atoms. The molecule has 0 radical (unpaired) electrons. The van der Waals surface area contributed by atoms with E-state index in [9.17, 15) is 9.59 Å². The lowest BCUT2D eigenvalue weighted by Crippen LogP contribution is -2.53. The largest absolute Gasteiger partial charge is 0.351 e. The summed E-state index contributed by atoms with van der Waals surface area (Å²) >= 11 is 0. The number of piperidine rings is 2. The lowest BCUT2D eigenvalue weighted by molar-refractivity contribution is -0.130. The first-order chi connectivity index (χ1) is 14.2. The standard InChI is InChI=1S/C24H29N3O2/c28-22-14-13-21(23(26-22)19-10-5-2-6-11-19)25-24(29)20-12-7-15-27(17-20)16-18-8-3-1-4-9-18/h1-6,8-11,20-21,23H,7,12-17H2,(H,25,29)(H,26,28)/t20-,21-,23-/m0/s1. The smallest absolute Gasteiger partial charge is 0.224 e. The third-order valence-corrected chi connectivity index (χ3v) is 6.01. The zero-order valence-corrected chi connectivity index (χ0v) is 16.7. The van der Waals surface area contributed by atoms with Gasteiger partial charge in [-0.1, -0.05) is 60.7 Å². The third-order valence-electron chi connectivity index (χ3n) is 6.01. The molecule has 2 aliphatic heterocycles. The number of nitrogens with zero attached hydrogens (tertiary/aromatic N) is 1. The quantitative estimate of drug-likeness (QED) is 0.824. The summed E-state index contributed by atoms with van der Waals surface area (Å²) in [6, 6.07) is 20.1. The Morgan fingerprint density at radius 1 is 1.03 bits per heavy atom. The molecule has 2 saturated heterocycles. The minimum atomic E-state index is -0.162. The number of rotatable bonds is 5. The van der Waals surface area contributed by atoms with Gasteiger partial charge in [0.1, 0.15) is 0 Å². The molecule has 152 valence electrons. The van der Waals surface area contributed by atoms with Crippen molar-refractivity contribution in [2.75, 3.05) is 13.1 Å². The summed E-state index contributed by atoms with van der Waals surface area (Å²) < 4.78 is 0. The molecule has 2 N–H and O–H groups in total. The lowest BCUT2D eigenvalue weighted by atomic mass is 9.90. The first-order valence-electron chi connectivity index (χ1n) is 10.6. The summed E-state index contributed by atoms with van der Waals surface area (Å²) in [5.74, 6) is 0.169. The van der Waals surface area contributed by atoms with E-state index in [2.05, 4.69) is 39.8 Å². The molecule has 2 heterocycles. The van der Waals surface area contributed by atoms with Crippen LogP contribution >= 0.6 is 0 Å². The molecule has 0 aliphatic carbocycles. The molecule has 0 saturated carbocycles. The van der Waals surface area contributed by atoms with E-state index < -0.39 is 0 Å². The predicted molar refractivity (Wildman–Crippen MR) is 113 cm³/mol. The number of carbonyl (C=O) groups is 2. The molecule has 5 heteroatoms. The van der Waals surface area contributed by atoms with Crippen molar-refractivity contribution in [1.29, 1.82) is 0 Å². The number of carbonyl (C=O) groups excluding carboxylic acids is 2. The van der Waals surface area contributed by atoms with Gasteiger partial charge in [0, 0.05) is 19.5 Å². The molecule has 5 nitrogen and oxygen atoms in total. The van der Waals surface area contributed by atoms with Crippen LogP contribution in [-0.2, 0) is 16.1 Å². The van der Waals surface area contributed by atoms with E-state index in [0.29, 0.717) is 12.8 Å². The SMILES string of the molecule is O=C1CC[C@H](NC(=O)[C@H]2CCCN(Cc3ccccc3)C2)[C@H](c2ccccc2)N1. The number of hydrogen-bond donors (Lipinski definition) is 2. The minimum absolute atomic E-state index is 0.00140. The first-order valence-corrected chi connectivity index (χ1v) is 10.6. The lowest BCUT2D eigenvalue weighted by Gasteiger charge is -2.36. The maximum atomic E-state index is 13.1. The first kappa shape index (κ1) is 19.6. The van der Waals surface area contributed by atoms with Gasteiger partial charge in [0.2, 0.25) is 11.8 Å². The molecular formula is C24H29N3O2. The van der Waals surface area contributed by atoms with Gasteiger partial charge in [-0.05, 0) is 36.9 Å². The van der Waals surface area contributed by atoms with E-state index >= 15 is 0 Å². The van der Waals surface area contributed by atoms with Gasteiger partial charge in [-0.2, -0.15) is 0 Å². The van der Waals surface area contributed by atoms with Crippen molar-refractivity contribution in [2.45, 2.75) is 44.3 Å². The number of benzene rings is 2. The van der Waals surface area contributed by atoms with Crippen LogP contribution in [0.2, 0.25) is 0 Å². The number of amides is 2. The van der Waals surface area contributed by atoms with Crippen molar-refractivity contribution < 1.29 is 9.59 Å². The van der Waals surface area contributed by atoms with E-state index in [4.69, 9.17) is 0 Å². The maximum Gasteiger partial charge on any atom is 0.224 e. The molecule has 2 amide bonds. The topological polar surface area (TPSA) is 61.4 Å². The van der Waals surface area contributed by atoms with Crippen LogP contribution in [0.5, 0.6) is 0 Å². The highest BCUT2D eigenvalue weighted by atomic mass is 16.2. The van der Waals surface area contributed by atoms with Gasteiger partial charge in [0.25, 0.3) is 0 Å². The van der Waals surface area contributed by atoms with E-state index in [1.54, 1.807) is 0 Å². The summed E-state index contributed by atoms with van der Waals surface area (Å²) in [5, 5.41) is 6.33. The zero-order chi connectivity index (χ0) is 20.1. The van der Waals surface area contributed by atoms with E-state index in [-0.39, 0.29) is 29.8 Å². The maximum absolute atomic E-state index is 13.1. The van der Waals surface area contributed by atoms with Crippen molar-refractivity contribution in [3.05, 3.63) is 71.8 Å². The van der Waals surface area contributed by atoms with Gasteiger partial charge in [-0.15, -0.1) is 0 Å². The molecule has 2 fully saturated rings. The Hall–Kier alpha value is -2.66. The second kappa shape index (κ2) is 9.23. The number of hydrogen-bond acceptors (Lipinski definition) is 3. The van der Waals surface area contributed by atoms with Gasteiger partial charge in [0.15, 0.2) is 0 Å². The Morgan fingerprint density at radius 2 is 1.76 bits per heavy atom. The second-order valence-corrected chi connectivity index (χ2v) is 8.17. The van der Waals surface area contributed by atoms with Gasteiger partial charge in [0.05, 0.1) is 18.0 Å². The van der Waals surface area contributed by atoms with Crippen molar-refractivity contribution >= 4 is 11.8 Å². The van der Waals surface area contributed by atoms with Crippen LogP contribution < -0.4 is 10.6 Å². The summed E-state index contributed by atoms with van der Waals surface area (Å²) in [6.07, 6.45) is 3.09. The highest BCUT2D eigenvalue weighted by Crippen LogP contribution is 2.25. The van der Waals surface area contributed by atoms with Crippen LogP contribution in [0.4, 0.5) is 0 Å². The van der Waals surface area contributed by atoms with Crippen LogP contribution in [0.15, 0.2) is 60.7 Å². The molecule has 2 aliphatic rings. The minimum Gasteiger partial charge on any atom is -0.351 e. The normalized spacial score (nSPS) is 25.2. The Balaban J connectivity index is 1.39. The molecular weight excluding hydrogens is 362 g/mol. The molecule has 0 spiro atoms. The molecule has 0 aromatic heterocycles. The summed E-state index contributed by atoms with van der Waals surface area (Å²) in [6.45, 7) is 2.71. The second-order valence-electron chi connectivity index (χ2n) is 8.17. The number of likely N-dealkylation sites (tertiary alicyclic amines) is 1. The summed E-state index contributed by atoms with van der Waals surface area (Å²) in [7, 11) is 0. The van der Waals surface area contributed by atoms with E-state index in [1.807, 2.05) is 36.4 Å². The highest BCUT2D eigenvalue weighted by Gasteiger charge is 2.33. The Morgan fingerprint density at radius 3 is 2.52 bits per heavy atom. The summed E-state index contributed by atoms with van der Waals surface area (Å²) in [5.41, 5.74) is 2.33. The predicted octanol–water partition coefficient (Wildman–Crippen LogP) is 3.03.